The second-order valence-electron chi connectivity index (χ2n) is 16.9. The summed E-state index contributed by atoms with van der Waals surface area (Å²) in [5.41, 5.74) is 2.22. The molecule has 0 heterocycles. The Balaban J connectivity index is 1.32. The van der Waals surface area contributed by atoms with Crippen molar-refractivity contribution in [3.05, 3.63) is 82.9 Å². The van der Waals surface area contributed by atoms with Crippen molar-refractivity contribution >= 4 is 11.9 Å². The number of aromatic carboxylic acids is 2. The molecule has 0 saturated heterocycles. The molecule has 2 fully saturated rings. The van der Waals surface area contributed by atoms with Crippen LogP contribution in [0.5, 0.6) is 23.0 Å². The van der Waals surface area contributed by atoms with Crippen molar-refractivity contribution in [2.24, 2.45) is 11.8 Å². The van der Waals surface area contributed by atoms with Crippen LogP contribution in [0.2, 0.25) is 0 Å². The van der Waals surface area contributed by atoms with Crippen molar-refractivity contribution in [3.63, 3.8) is 0 Å². The van der Waals surface area contributed by atoms with Gasteiger partial charge in [0.05, 0.1) is 0 Å². The summed E-state index contributed by atoms with van der Waals surface area (Å²) in [5.74, 6) is 1.35. The summed E-state index contributed by atoms with van der Waals surface area (Å²) in [4.78, 5) is 25.5. The Labute approximate surface area is 348 Å². The van der Waals surface area contributed by atoms with Crippen LogP contribution in [0.3, 0.4) is 0 Å². The minimum absolute atomic E-state index is 0.0815. The lowest BCUT2D eigenvalue weighted by molar-refractivity contribution is -0.00696. The SMILES string of the molecule is CCCCCC(Oc1ccc(C2CCC(CCC)CC2)cc1)Oc1cc(C(=O)O)c(OC(CCCCC)Oc2ccc(C3CCC(CCC)CC3)cc2)cc1C(=O)O. The Hall–Kier alpha value is -4.20. The molecule has 318 valence electrons. The van der Waals surface area contributed by atoms with E-state index in [4.69, 9.17) is 18.9 Å². The molecule has 0 spiro atoms. The van der Waals surface area contributed by atoms with Gasteiger partial charge in [0.1, 0.15) is 34.1 Å². The molecule has 8 heteroatoms. The maximum Gasteiger partial charge on any atom is 0.339 e. The molecule has 3 aromatic rings. The van der Waals surface area contributed by atoms with Gasteiger partial charge in [-0.3, -0.25) is 0 Å². The van der Waals surface area contributed by atoms with E-state index in [-0.39, 0.29) is 22.6 Å². The highest BCUT2D eigenvalue weighted by atomic mass is 16.7. The Bertz CT molecular complexity index is 1540. The fourth-order valence-electron chi connectivity index (χ4n) is 9.10. The quantitative estimate of drug-likeness (QED) is 0.0681. The zero-order chi connectivity index (χ0) is 41.3. The summed E-state index contributed by atoms with van der Waals surface area (Å²) in [6.45, 7) is 8.75. The number of carboxylic acid groups (broad SMARTS) is 2. The third-order valence-corrected chi connectivity index (χ3v) is 12.5. The molecular weight excluding hydrogens is 729 g/mol. The first-order chi connectivity index (χ1) is 28.2. The van der Waals surface area contributed by atoms with Crippen LogP contribution >= 0.6 is 0 Å². The number of ether oxygens (including phenoxy) is 4. The number of rotatable bonds is 24. The van der Waals surface area contributed by atoms with Crippen LogP contribution in [-0.2, 0) is 0 Å². The fourth-order valence-corrected chi connectivity index (χ4v) is 9.10. The first kappa shape index (κ1) is 44.9. The van der Waals surface area contributed by atoms with Gasteiger partial charge in [-0.15, -0.1) is 0 Å². The molecule has 0 bridgehead atoms. The van der Waals surface area contributed by atoms with Crippen molar-refractivity contribution in [2.45, 2.75) is 181 Å². The molecule has 58 heavy (non-hydrogen) atoms. The Kier molecular flexibility index (Phi) is 18.1. The lowest BCUT2D eigenvalue weighted by Gasteiger charge is -2.29. The molecule has 0 aliphatic heterocycles. The van der Waals surface area contributed by atoms with Crippen LogP contribution in [0.4, 0.5) is 0 Å². The standard InChI is InChI=1S/C50H70O8/c1-5-9-11-15-47(55-41-29-25-39(26-30-41)37-21-17-35(13-7-3)18-22-37)57-45-33-44(50(53)54)46(34-43(45)49(51)52)58-48(16-12-10-6-2)56-42-31-27-40(28-32-42)38-23-19-36(14-8-4)20-24-38/h25-38,47-48H,5-24H2,1-4H3,(H,51,52)(H,53,54). The predicted octanol–water partition coefficient (Wildman–Crippen LogP) is 14.0. The maximum absolute atomic E-state index is 12.7. The number of hydrogen-bond donors (Lipinski definition) is 2. The molecule has 8 nitrogen and oxygen atoms in total. The van der Waals surface area contributed by atoms with E-state index in [0.717, 1.165) is 50.4 Å². The topological polar surface area (TPSA) is 112 Å². The second kappa shape index (κ2) is 23.4. The van der Waals surface area contributed by atoms with Crippen LogP contribution in [-0.4, -0.2) is 34.7 Å². The Morgan fingerprint density at radius 3 is 1.19 bits per heavy atom. The molecular formula is C50H70O8. The Morgan fingerprint density at radius 2 is 0.879 bits per heavy atom. The zero-order valence-electron chi connectivity index (χ0n) is 35.7. The molecule has 0 radical (unpaired) electrons. The summed E-state index contributed by atoms with van der Waals surface area (Å²) in [7, 11) is 0. The minimum Gasteiger partial charge on any atom is -0.478 e. The van der Waals surface area contributed by atoms with Crippen LogP contribution in [0.25, 0.3) is 0 Å². The first-order valence-corrected chi connectivity index (χ1v) is 22.7. The van der Waals surface area contributed by atoms with Gasteiger partial charge in [0, 0.05) is 12.8 Å². The van der Waals surface area contributed by atoms with Gasteiger partial charge in [-0.25, -0.2) is 9.59 Å². The molecule has 5 rings (SSSR count). The van der Waals surface area contributed by atoms with Crippen molar-refractivity contribution in [1.82, 2.24) is 0 Å². The number of unbranched alkanes of at least 4 members (excludes halogenated alkanes) is 4. The number of benzene rings is 3. The number of hydrogen-bond acceptors (Lipinski definition) is 6. The van der Waals surface area contributed by atoms with E-state index < -0.39 is 24.5 Å². The fraction of sp³-hybridized carbons (Fsp3) is 0.600. The van der Waals surface area contributed by atoms with Gasteiger partial charge in [-0.1, -0.05) is 103 Å². The van der Waals surface area contributed by atoms with Crippen molar-refractivity contribution in [3.8, 4) is 23.0 Å². The second-order valence-corrected chi connectivity index (χ2v) is 16.9. The molecule has 2 aliphatic rings. The summed E-state index contributed by atoms with van der Waals surface area (Å²) < 4.78 is 25.3. The average Bonchev–Trinajstić information content (AvgIpc) is 3.22. The van der Waals surface area contributed by atoms with Gasteiger partial charge in [0.2, 0.25) is 12.6 Å². The van der Waals surface area contributed by atoms with Gasteiger partial charge in [0.25, 0.3) is 0 Å². The molecule has 2 atom stereocenters. The summed E-state index contributed by atoms with van der Waals surface area (Å²) in [6.07, 6.45) is 19.9. The lowest BCUT2D eigenvalue weighted by atomic mass is 9.77. The van der Waals surface area contributed by atoms with Crippen LogP contribution in [0, 0.1) is 11.8 Å². The van der Waals surface area contributed by atoms with E-state index in [1.54, 1.807) is 0 Å². The Morgan fingerprint density at radius 1 is 0.517 bits per heavy atom. The molecule has 2 aliphatic carbocycles. The van der Waals surface area contributed by atoms with E-state index in [2.05, 4.69) is 52.0 Å². The number of carbonyl (C=O) groups is 2. The first-order valence-electron chi connectivity index (χ1n) is 22.7. The zero-order valence-corrected chi connectivity index (χ0v) is 35.7. The van der Waals surface area contributed by atoms with Crippen LogP contribution in [0.1, 0.15) is 200 Å². The van der Waals surface area contributed by atoms with Crippen molar-refractivity contribution in [2.75, 3.05) is 0 Å². The minimum atomic E-state index is -1.26. The third-order valence-electron chi connectivity index (χ3n) is 12.5. The normalized spacial score (nSPS) is 20.5. The number of carboxylic acids is 2. The third kappa shape index (κ3) is 13.4. The van der Waals surface area contributed by atoms with Crippen molar-refractivity contribution < 1.29 is 38.7 Å². The van der Waals surface area contributed by atoms with E-state index >= 15 is 0 Å². The largest absolute Gasteiger partial charge is 0.478 e. The molecule has 0 amide bonds. The maximum atomic E-state index is 12.7. The van der Waals surface area contributed by atoms with Gasteiger partial charge in [-0.05, 0) is 135 Å². The van der Waals surface area contributed by atoms with E-state index in [1.165, 1.54) is 100 Å². The van der Waals surface area contributed by atoms with Gasteiger partial charge in [-0.2, -0.15) is 0 Å². The van der Waals surface area contributed by atoms with Gasteiger partial charge in [0.15, 0.2) is 0 Å². The van der Waals surface area contributed by atoms with E-state index in [9.17, 15) is 19.8 Å². The molecule has 2 saturated carbocycles. The smallest absolute Gasteiger partial charge is 0.339 e. The van der Waals surface area contributed by atoms with E-state index in [1.807, 2.05) is 24.3 Å². The highest BCUT2D eigenvalue weighted by Gasteiger charge is 2.27. The summed E-state index contributed by atoms with van der Waals surface area (Å²) in [6, 6.07) is 18.9. The average molecular weight is 799 g/mol. The monoisotopic (exact) mass is 799 g/mol. The highest BCUT2D eigenvalue weighted by Crippen LogP contribution is 2.40. The molecule has 0 aromatic heterocycles. The summed E-state index contributed by atoms with van der Waals surface area (Å²) in [5, 5.41) is 20.8. The predicted molar refractivity (Wildman–Crippen MR) is 231 cm³/mol. The van der Waals surface area contributed by atoms with Crippen molar-refractivity contribution in [1.29, 1.82) is 0 Å². The van der Waals surface area contributed by atoms with Crippen LogP contribution in [0.15, 0.2) is 60.7 Å². The lowest BCUT2D eigenvalue weighted by Crippen LogP contribution is -2.27. The van der Waals surface area contributed by atoms with Gasteiger partial charge >= 0.3 is 11.9 Å². The van der Waals surface area contributed by atoms with E-state index in [0.29, 0.717) is 36.2 Å². The summed E-state index contributed by atoms with van der Waals surface area (Å²) >= 11 is 0. The molecule has 2 N–H and O–H groups in total. The molecule has 2 unspecified atom stereocenters. The highest BCUT2D eigenvalue weighted by molar-refractivity contribution is 5.97. The van der Waals surface area contributed by atoms with Gasteiger partial charge < -0.3 is 29.2 Å². The van der Waals surface area contributed by atoms with Crippen LogP contribution < -0.4 is 18.9 Å². The molecule has 3 aromatic carbocycles.